The quantitative estimate of drug-likeness (QED) is 0.699. The van der Waals surface area contributed by atoms with Gasteiger partial charge in [0.25, 0.3) is 0 Å². The Morgan fingerprint density at radius 3 is 2.54 bits per heavy atom. The Morgan fingerprint density at radius 2 is 1.88 bits per heavy atom. The number of ketones is 1. The fourth-order valence-corrected chi connectivity index (χ4v) is 2.94. The average Bonchev–Trinajstić information content (AvgIpc) is 3.17. The van der Waals surface area contributed by atoms with Gasteiger partial charge in [0.1, 0.15) is 5.76 Å². The maximum Gasteiger partial charge on any atom is 0.178 e. The number of hydrogen-bond donors (Lipinski definition) is 1. The van der Waals surface area contributed by atoms with Gasteiger partial charge in [-0.05, 0) is 51.1 Å². The number of benzene rings is 1. The van der Waals surface area contributed by atoms with Crippen molar-refractivity contribution in [2.24, 2.45) is 0 Å². The lowest BCUT2D eigenvalue weighted by Gasteiger charge is -2.10. The van der Waals surface area contributed by atoms with E-state index < -0.39 is 0 Å². The third kappa shape index (κ3) is 3.34. The smallest absolute Gasteiger partial charge is 0.178 e. The van der Waals surface area contributed by atoms with E-state index in [1.807, 2.05) is 32.0 Å². The third-order valence-electron chi connectivity index (χ3n) is 4.19. The molecule has 1 aromatic carbocycles. The Morgan fingerprint density at radius 1 is 1.12 bits per heavy atom. The van der Waals surface area contributed by atoms with Crippen molar-refractivity contribution >= 4 is 5.78 Å². The Labute approximate surface area is 142 Å². The fraction of sp³-hybridized carbons (Fsp3) is 0.250. The molecule has 2 heterocycles. The van der Waals surface area contributed by atoms with Crippen LogP contribution in [0.1, 0.15) is 33.1 Å². The van der Waals surface area contributed by atoms with Crippen molar-refractivity contribution in [2.45, 2.75) is 27.3 Å². The van der Waals surface area contributed by atoms with Crippen molar-refractivity contribution < 1.29 is 9.21 Å². The number of nitrogens with zero attached hydrogens (tertiary/aromatic N) is 1. The van der Waals surface area contributed by atoms with E-state index >= 15 is 0 Å². The molecule has 2 aromatic heterocycles. The van der Waals surface area contributed by atoms with Gasteiger partial charge >= 0.3 is 0 Å². The lowest BCUT2D eigenvalue weighted by Crippen LogP contribution is -2.22. The van der Waals surface area contributed by atoms with Crippen molar-refractivity contribution in [3.63, 3.8) is 0 Å². The van der Waals surface area contributed by atoms with Crippen molar-refractivity contribution in [3.8, 4) is 5.69 Å². The molecule has 0 atom stereocenters. The highest BCUT2D eigenvalue weighted by Crippen LogP contribution is 2.21. The number of aromatic nitrogens is 1. The Balaban J connectivity index is 1.75. The highest BCUT2D eigenvalue weighted by atomic mass is 16.3. The first-order valence-corrected chi connectivity index (χ1v) is 8.08. The zero-order chi connectivity index (χ0) is 17.1. The van der Waals surface area contributed by atoms with Crippen LogP contribution >= 0.6 is 0 Å². The molecule has 0 unspecified atom stereocenters. The van der Waals surface area contributed by atoms with E-state index in [4.69, 9.17) is 4.42 Å². The van der Waals surface area contributed by atoms with E-state index in [1.165, 1.54) is 5.56 Å². The van der Waals surface area contributed by atoms with Crippen molar-refractivity contribution in [1.82, 2.24) is 9.88 Å². The first-order chi connectivity index (χ1) is 11.6. The number of aryl methyl sites for hydroxylation is 2. The Bertz CT molecular complexity index is 827. The molecule has 3 aromatic rings. The highest BCUT2D eigenvalue weighted by molar-refractivity contribution is 5.99. The predicted octanol–water partition coefficient (Wildman–Crippen LogP) is 3.97. The molecule has 1 N–H and O–H groups in total. The van der Waals surface area contributed by atoms with Crippen LogP contribution in [0, 0.1) is 20.8 Å². The van der Waals surface area contributed by atoms with Crippen LogP contribution in [-0.4, -0.2) is 16.9 Å². The van der Waals surface area contributed by atoms with Gasteiger partial charge in [-0.3, -0.25) is 4.79 Å². The zero-order valence-corrected chi connectivity index (χ0v) is 14.3. The van der Waals surface area contributed by atoms with E-state index in [0.717, 1.165) is 28.4 Å². The first kappa shape index (κ1) is 16.3. The molecule has 24 heavy (non-hydrogen) atoms. The van der Waals surface area contributed by atoms with E-state index in [0.29, 0.717) is 13.1 Å². The molecule has 0 aliphatic heterocycles. The highest BCUT2D eigenvalue weighted by Gasteiger charge is 2.16. The summed E-state index contributed by atoms with van der Waals surface area (Å²) in [4.78, 5) is 12.5. The Kier molecular flexibility index (Phi) is 4.67. The van der Waals surface area contributed by atoms with Crippen LogP contribution in [0.5, 0.6) is 0 Å². The maximum absolute atomic E-state index is 12.5. The second-order valence-electron chi connectivity index (χ2n) is 6.06. The minimum absolute atomic E-state index is 0.0908. The molecule has 0 saturated carbocycles. The van der Waals surface area contributed by atoms with Crippen molar-refractivity contribution in [3.05, 3.63) is 77.0 Å². The lowest BCUT2D eigenvalue weighted by molar-refractivity contribution is 0.0989. The molecule has 0 fully saturated rings. The normalized spacial score (nSPS) is 11.0. The number of Topliss-reactive ketones (excluding diaryl/α,β-unsaturated/α-hetero) is 1. The number of furan rings is 1. The van der Waals surface area contributed by atoms with Gasteiger partial charge in [-0.1, -0.05) is 17.7 Å². The molecule has 0 aliphatic rings. The summed E-state index contributed by atoms with van der Waals surface area (Å²) in [5, 5.41) is 3.14. The number of carbonyl (C=O) groups is 1. The summed E-state index contributed by atoms with van der Waals surface area (Å²) in [5.41, 5.74) is 5.10. The van der Waals surface area contributed by atoms with E-state index in [2.05, 4.69) is 41.1 Å². The second kappa shape index (κ2) is 6.89. The molecule has 3 rings (SSSR count). The second-order valence-corrected chi connectivity index (χ2v) is 6.06. The number of nitrogens with one attached hydrogen (secondary N) is 1. The van der Waals surface area contributed by atoms with E-state index in [1.54, 1.807) is 6.26 Å². The van der Waals surface area contributed by atoms with Gasteiger partial charge in [0, 0.05) is 22.6 Å². The molecule has 124 valence electrons. The van der Waals surface area contributed by atoms with Crippen LogP contribution in [-0.2, 0) is 6.54 Å². The van der Waals surface area contributed by atoms with E-state index in [-0.39, 0.29) is 5.78 Å². The van der Waals surface area contributed by atoms with Crippen LogP contribution in [0.3, 0.4) is 0 Å². The van der Waals surface area contributed by atoms with Crippen LogP contribution in [0.25, 0.3) is 5.69 Å². The summed E-state index contributed by atoms with van der Waals surface area (Å²) in [6, 6.07) is 14.0. The van der Waals surface area contributed by atoms with Gasteiger partial charge in [0.2, 0.25) is 0 Å². The van der Waals surface area contributed by atoms with Gasteiger partial charge in [0.15, 0.2) is 5.78 Å². The van der Waals surface area contributed by atoms with Crippen molar-refractivity contribution in [2.75, 3.05) is 6.54 Å². The third-order valence-corrected chi connectivity index (χ3v) is 4.19. The zero-order valence-electron chi connectivity index (χ0n) is 14.3. The van der Waals surface area contributed by atoms with Gasteiger partial charge in [-0.15, -0.1) is 0 Å². The summed E-state index contributed by atoms with van der Waals surface area (Å²) < 4.78 is 7.38. The van der Waals surface area contributed by atoms with Gasteiger partial charge in [0.05, 0.1) is 19.4 Å². The number of carbonyl (C=O) groups excluding carboxylic acids is 1. The van der Waals surface area contributed by atoms with Gasteiger partial charge in [-0.2, -0.15) is 0 Å². The predicted molar refractivity (Wildman–Crippen MR) is 94.7 cm³/mol. The monoisotopic (exact) mass is 322 g/mol. The molecule has 0 amide bonds. The molecule has 4 nitrogen and oxygen atoms in total. The summed E-state index contributed by atoms with van der Waals surface area (Å²) in [7, 11) is 0. The number of rotatable bonds is 6. The SMILES string of the molecule is Cc1ccc(-n2c(C)cc(C(=O)CNCc3ccco3)c2C)cc1. The van der Waals surface area contributed by atoms with Crippen LogP contribution < -0.4 is 5.32 Å². The Hall–Kier alpha value is -2.59. The van der Waals surface area contributed by atoms with E-state index in [9.17, 15) is 4.79 Å². The summed E-state index contributed by atoms with van der Waals surface area (Å²) >= 11 is 0. The van der Waals surface area contributed by atoms with Crippen LogP contribution in [0.2, 0.25) is 0 Å². The standard InChI is InChI=1S/C20H22N2O2/c1-14-6-8-17(9-7-14)22-15(2)11-19(16(22)3)20(23)13-21-12-18-5-4-10-24-18/h4-11,21H,12-13H2,1-3H3. The van der Waals surface area contributed by atoms with Crippen molar-refractivity contribution in [1.29, 1.82) is 0 Å². The molecule has 0 radical (unpaired) electrons. The minimum Gasteiger partial charge on any atom is -0.468 e. The molecular weight excluding hydrogens is 300 g/mol. The molecule has 0 saturated heterocycles. The molecule has 0 bridgehead atoms. The maximum atomic E-state index is 12.5. The van der Waals surface area contributed by atoms with Crippen LogP contribution in [0.4, 0.5) is 0 Å². The van der Waals surface area contributed by atoms with Crippen LogP contribution in [0.15, 0.2) is 53.1 Å². The molecule has 0 spiro atoms. The summed E-state index contributed by atoms with van der Waals surface area (Å²) in [6.45, 7) is 6.93. The average molecular weight is 322 g/mol. The largest absolute Gasteiger partial charge is 0.468 e. The summed E-state index contributed by atoms with van der Waals surface area (Å²) in [6.07, 6.45) is 1.63. The fourth-order valence-electron chi connectivity index (χ4n) is 2.94. The number of hydrogen-bond acceptors (Lipinski definition) is 3. The minimum atomic E-state index is 0.0908. The topological polar surface area (TPSA) is 47.2 Å². The molecule has 0 aliphatic carbocycles. The van der Waals surface area contributed by atoms with Gasteiger partial charge in [-0.25, -0.2) is 0 Å². The lowest BCUT2D eigenvalue weighted by atomic mass is 10.1. The molecule has 4 heteroatoms. The van der Waals surface area contributed by atoms with Gasteiger partial charge < -0.3 is 14.3 Å². The summed E-state index contributed by atoms with van der Waals surface area (Å²) in [5.74, 6) is 0.918. The first-order valence-electron chi connectivity index (χ1n) is 8.08. The molecular formula is C20H22N2O2.